The van der Waals surface area contributed by atoms with Gasteiger partial charge in [-0.15, -0.1) is 0 Å². The zero-order chi connectivity index (χ0) is 55.0. The minimum Gasteiger partial charge on any atom is -0.394 e. The van der Waals surface area contributed by atoms with Crippen LogP contribution in [0.1, 0.15) is 354 Å². The number of carbonyl (C=O) groups is 1. The van der Waals surface area contributed by atoms with Crippen molar-refractivity contribution in [2.45, 2.75) is 397 Å². The molecule has 0 aliphatic carbocycles. The maximum atomic E-state index is 13.1. The van der Waals surface area contributed by atoms with Crippen LogP contribution in [0, 0.1) is 0 Å². The van der Waals surface area contributed by atoms with E-state index in [4.69, 9.17) is 9.47 Å². The van der Waals surface area contributed by atoms with E-state index >= 15 is 0 Å². The van der Waals surface area contributed by atoms with Crippen molar-refractivity contribution in [2.24, 2.45) is 0 Å². The van der Waals surface area contributed by atoms with Crippen molar-refractivity contribution in [1.29, 1.82) is 0 Å². The molecule has 0 aromatic rings. The average Bonchev–Trinajstić information content (AvgIpc) is 3.42. The van der Waals surface area contributed by atoms with Gasteiger partial charge in [-0.25, -0.2) is 0 Å². The van der Waals surface area contributed by atoms with E-state index in [1.807, 2.05) is 6.08 Å². The van der Waals surface area contributed by atoms with Gasteiger partial charge >= 0.3 is 0 Å². The Bertz CT molecular complexity index is 1200. The number of aliphatic hydroxyl groups is 5. The van der Waals surface area contributed by atoms with Gasteiger partial charge in [0.15, 0.2) is 6.29 Å². The lowest BCUT2D eigenvalue weighted by Crippen LogP contribution is -2.60. The minimum atomic E-state index is -1.56. The van der Waals surface area contributed by atoms with Crippen LogP contribution in [0.3, 0.4) is 0 Å². The summed E-state index contributed by atoms with van der Waals surface area (Å²) in [5.74, 6) is -0.168. The Balaban J connectivity index is 2.08. The predicted octanol–water partition coefficient (Wildman–Crippen LogP) is 17.9. The van der Waals surface area contributed by atoms with Crippen LogP contribution in [-0.4, -0.2) is 87.5 Å². The summed E-state index contributed by atoms with van der Waals surface area (Å²) >= 11 is 0. The molecule has 9 nitrogen and oxygen atoms in total. The molecule has 1 aliphatic heterocycles. The van der Waals surface area contributed by atoms with Gasteiger partial charge < -0.3 is 40.3 Å². The molecule has 1 amide bonds. The third-order valence-corrected chi connectivity index (χ3v) is 16.6. The maximum Gasteiger partial charge on any atom is 0.220 e. The van der Waals surface area contributed by atoms with Gasteiger partial charge in [0.2, 0.25) is 5.91 Å². The van der Waals surface area contributed by atoms with E-state index in [0.29, 0.717) is 6.42 Å². The molecule has 1 fully saturated rings. The fourth-order valence-electron chi connectivity index (χ4n) is 11.3. The number of rotatable bonds is 60. The Morgan fingerprint density at radius 3 is 1.03 bits per heavy atom. The Morgan fingerprint density at radius 2 is 0.724 bits per heavy atom. The quantitative estimate of drug-likeness (QED) is 0.0261. The van der Waals surface area contributed by atoms with Crippen LogP contribution >= 0.6 is 0 Å². The lowest BCUT2D eigenvalue weighted by Gasteiger charge is -2.40. The summed E-state index contributed by atoms with van der Waals surface area (Å²) in [6.07, 6.45) is 66.1. The largest absolute Gasteiger partial charge is 0.394 e. The van der Waals surface area contributed by atoms with E-state index in [0.717, 1.165) is 38.5 Å². The van der Waals surface area contributed by atoms with Crippen LogP contribution in [0.15, 0.2) is 12.2 Å². The molecule has 6 N–H and O–H groups in total. The summed E-state index contributed by atoms with van der Waals surface area (Å²) in [4.78, 5) is 13.1. The normalized spacial score (nSPS) is 18.8. The molecule has 1 aliphatic rings. The van der Waals surface area contributed by atoms with Crippen LogP contribution in [-0.2, 0) is 14.3 Å². The van der Waals surface area contributed by atoms with Crippen LogP contribution in [0.25, 0.3) is 0 Å². The fraction of sp³-hybridized carbons (Fsp3) is 0.955. The van der Waals surface area contributed by atoms with Gasteiger partial charge in [0, 0.05) is 6.42 Å². The van der Waals surface area contributed by atoms with E-state index in [2.05, 4.69) is 19.2 Å². The molecule has 76 heavy (non-hydrogen) atoms. The first kappa shape index (κ1) is 72.9. The molecule has 0 spiro atoms. The highest BCUT2D eigenvalue weighted by Crippen LogP contribution is 2.23. The maximum absolute atomic E-state index is 13.1. The third kappa shape index (κ3) is 45.6. The number of nitrogens with one attached hydrogen (secondary N) is 1. The van der Waals surface area contributed by atoms with E-state index in [-0.39, 0.29) is 12.5 Å². The van der Waals surface area contributed by atoms with Gasteiger partial charge in [-0.2, -0.15) is 0 Å². The van der Waals surface area contributed by atoms with Crippen LogP contribution in [0.2, 0.25) is 0 Å². The number of hydrogen-bond donors (Lipinski definition) is 6. The molecule has 0 aromatic carbocycles. The van der Waals surface area contributed by atoms with E-state index in [9.17, 15) is 30.3 Å². The molecule has 1 heterocycles. The van der Waals surface area contributed by atoms with E-state index in [1.54, 1.807) is 6.08 Å². The standard InChI is InChI=1S/C67H131NO8/c1-3-5-7-9-11-13-15-17-19-21-23-24-25-26-27-28-29-30-31-32-33-34-35-36-37-39-41-43-45-47-49-51-53-55-57-63(71)68-60(59-75-67-66(74)65(73)64(72)62(58-69)76-67)61(70)56-54-52-50-48-46-44-42-40-38-22-20-18-16-14-12-10-8-6-4-2/h54,56,60-62,64-67,69-70,72-74H,3-53,55,57-59H2,1-2H3,(H,68,71)/b56-54+. The van der Waals surface area contributed by atoms with Crippen molar-refractivity contribution in [3.8, 4) is 0 Å². The number of hydrogen-bond acceptors (Lipinski definition) is 8. The molecule has 1 rings (SSSR count). The Labute approximate surface area is 471 Å². The molecule has 7 unspecified atom stereocenters. The molecule has 452 valence electrons. The molecule has 9 heteroatoms. The Kier molecular flexibility index (Phi) is 54.9. The first-order valence-corrected chi connectivity index (χ1v) is 33.9. The highest BCUT2D eigenvalue weighted by molar-refractivity contribution is 5.76. The highest BCUT2D eigenvalue weighted by atomic mass is 16.7. The van der Waals surface area contributed by atoms with Gasteiger partial charge in [-0.05, 0) is 19.3 Å². The first-order chi connectivity index (χ1) is 37.3. The zero-order valence-electron chi connectivity index (χ0n) is 50.5. The van der Waals surface area contributed by atoms with Crippen LogP contribution in [0.4, 0.5) is 0 Å². The van der Waals surface area contributed by atoms with Crippen molar-refractivity contribution in [1.82, 2.24) is 5.32 Å². The van der Waals surface area contributed by atoms with Gasteiger partial charge in [0.05, 0.1) is 25.4 Å². The zero-order valence-corrected chi connectivity index (χ0v) is 50.5. The molecular formula is C67H131NO8. The van der Waals surface area contributed by atoms with Crippen LogP contribution in [0.5, 0.6) is 0 Å². The van der Waals surface area contributed by atoms with Crippen molar-refractivity contribution in [3.05, 3.63) is 12.2 Å². The summed E-state index contributed by atoms with van der Waals surface area (Å²) < 4.78 is 11.3. The first-order valence-electron chi connectivity index (χ1n) is 33.9. The number of amides is 1. The average molecular weight is 1080 g/mol. The van der Waals surface area contributed by atoms with Gasteiger partial charge in [0.25, 0.3) is 0 Å². The monoisotopic (exact) mass is 1080 g/mol. The van der Waals surface area contributed by atoms with Gasteiger partial charge in [-0.3, -0.25) is 4.79 Å². The summed E-state index contributed by atoms with van der Waals surface area (Å²) in [5, 5.41) is 54.7. The lowest BCUT2D eigenvalue weighted by molar-refractivity contribution is -0.302. The van der Waals surface area contributed by atoms with Crippen molar-refractivity contribution < 1.29 is 39.8 Å². The Hall–Kier alpha value is -1.07. The van der Waals surface area contributed by atoms with Crippen molar-refractivity contribution >= 4 is 5.91 Å². The second-order valence-corrected chi connectivity index (χ2v) is 24.0. The summed E-state index contributed by atoms with van der Waals surface area (Å²) in [6.45, 7) is 3.84. The summed E-state index contributed by atoms with van der Waals surface area (Å²) in [7, 11) is 0. The second kappa shape index (κ2) is 57.2. The topological polar surface area (TPSA) is 149 Å². The lowest BCUT2D eigenvalue weighted by atomic mass is 9.99. The molecule has 0 saturated carbocycles. The van der Waals surface area contributed by atoms with Crippen LogP contribution < -0.4 is 5.32 Å². The Morgan fingerprint density at radius 1 is 0.434 bits per heavy atom. The van der Waals surface area contributed by atoms with Gasteiger partial charge in [0.1, 0.15) is 24.4 Å². The highest BCUT2D eigenvalue weighted by Gasteiger charge is 2.44. The minimum absolute atomic E-state index is 0.168. The third-order valence-electron chi connectivity index (χ3n) is 16.6. The molecule has 0 bridgehead atoms. The van der Waals surface area contributed by atoms with Crippen molar-refractivity contribution in [2.75, 3.05) is 13.2 Å². The number of unbranched alkanes of at least 4 members (excludes halogenated alkanes) is 50. The van der Waals surface area contributed by atoms with E-state index < -0.39 is 49.5 Å². The fourth-order valence-corrected chi connectivity index (χ4v) is 11.3. The number of ether oxygens (including phenoxy) is 2. The molecule has 7 atom stereocenters. The number of allylic oxidation sites excluding steroid dienone is 1. The smallest absolute Gasteiger partial charge is 0.220 e. The predicted molar refractivity (Wildman–Crippen MR) is 323 cm³/mol. The summed E-state index contributed by atoms with van der Waals surface area (Å²) in [6, 6.07) is -0.801. The number of aliphatic hydroxyl groups excluding tert-OH is 5. The summed E-state index contributed by atoms with van der Waals surface area (Å²) in [5.41, 5.74) is 0. The van der Waals surface area contributed by atoms with E-state index in [1.165, 1.54) is 295 Å². The SMILES string of the molecule is CCCCCCCCCCCCCCCCCCC/C=C/C(O)C(COC1OC(CO)C(O)C(O)C1O)NC(=O)CCCCCCCCCCCCCCCCCCCCCCCCCCCCCCCCCCCC. The van der Waals surface area contributed by atoms with Gasteiger partial charge in [-0.1, -0.05) is 341 Å². The molecule has 0 radical (unpaired) electrons. The molecule has 1 saturated heterocycles. The number of carbonyl (C=O) groups excluding carboxylic acids is 1. The second-order valence-electron chi connectivity index (χ2n) is 24.0. The molecule has 0 aromatic heterocycles. The van der Waals surface area contributed by atoms with Crippen molar-refractivity contribution in [3.63, 3.8) is 0 Å². The molecular weight excluding hydrogens is 947 g/mol.